The van der Waals surface area contributed by atoms with E-state index in [4.69, 9.17) is 17.2 Å². The van der Waals surface area contributed by atoms with Gasteiger partial charge in [0.2, 0.25) is 0 Å². The smallest absolute Gasteiger partial charge is 0.0662 e. The lowest BCUT2D eigenvalue weighted by Gasteiger charge is -2.37. The predicted molar refractivity (Wildman–Crippen MR) is 71.4 cm³/mol. The molecular formula is C13H29N3O. The van der Waals surface area contributed by atoms with E-state index in [-0.39, 0.29) is 18.2 Å². The molecule has 0 heterocycles. The quantitative estimate of drug-likeness (QED) is 0.512. The van der Waals surface area contributed by atoms with Gasteiger partial charge in [-0.2, -0.15) is 0 Å². The van der Waals surface area contributed by atoms with Crippen LogP contribution < -0.4 is 17.2 Å². The van der Waals surface area contributed by atoms with Crippen LogP contribution in [-0.4, -0.2) is 29.8 Å². The van der Waals surface area contributed by atoms with Crippen molar-refractivity contribution in [2.45, 2.75) is 63.6 Å². The minimum atomic E-state index is -0.344. The van der Waals surface area contributed by atoms with Crippen LogP contribution in [0.4, 0.5) is 0 Å². The van der Waals surface area contributed by atoms with Crippen molar-refractivity contribution < 1.29 is 5.11 Å². The molecule has 3 unspecified atom stereocenters. The molecule has 0 saturated heterocycles. The fraction of sp³-hybridized carbons (Fsp3) is 1.00. The topological polar surface area (TPSA) is 98.3 Å². The molecule has 1 saturated carbocycles. The molecule has 4 nitrogen and oxygen atoms in total. The second-order valence-corrected chi connectivity index (χ2v) is 5.74. The molecular weight excluding hydrogens is 214 g/mol. The highest BCUT2D eigenvalue weighted by Gasteiger charge is 2.31. The summed E-state index contributed by atoms with van der Waals surface area (Å²) in [6.45, 7) is 2.59. The van der Waals surface area contributed by atoms with Crippen LogP contribution in [-0.2, 0) is 0 Å². The molecule has 0 bridgehead atoms. The Morgan fingerprint density at radius 2 is 1.76 bits per heavy atom. The molecule has 4 heteroatoms. The molecule has 0 aromatic rings. The highest BCUT2D eigenvalue weighted by atomic mass is 16.3. The van der Waals surface area contributed by atoms with Gasteiger partial charge in [-0.05, 0) is 37.5 Å². The first-order chi connectivity index (χ1) is 8.04. The lowest BCUT2D eigenvalue weighted by Crippen LogP contribution is -2.48. The summed E-state index contributed by atoms with van der Waals surface area (Å²) in [5.41, 5.74) is 17.7. The van der Waals surface area contributed by atoms with E-state index >= 15 is 0 Å². The van der Waals surface area contributed by atoms with Gasteiger partial charge in [-0.25, -0.2) is 0 Å². The molecule has 0 aromatic carbocycles. The van der Waals surface area contributed by atoms with Gasteiger partial charge in [0.1, 0.15) is 0 Å². The van der Waals surface area contributed by atoms with Crippen molar-refractivity contribution in [2.75, 3.05) is 6.54 Å². The number of aliphatic hydroxyl groups is 1. The summed E-state index contributed by atoms with van der Waals surface area (Å²) in [5.74, 6) is 1.12. The first kappa shape index (κ1) is 14.9. The van der Waals surface area contributed by atoms with E-state index in [0.717, 1.165) is 38.5 Å². The van der Waals surface area contributed by atoms with E-state index in [1.54, 1.807) is 0 Å². The second-order valence-electron chi connectivity index (χ2n) is 5.74. The van der Waals surface area contributed by atoms with Crippen molar-refractivity contribution in [1.29, 1.82) is 0 Å². The standard InChI is InChI=1S/C13H29N3O/c1-9-6-12(15)11(13(16)7-9)5-3-2-4-10(17)8-14/h9-13,17H,2-8,14-16H2,1H3. The number of hydrogen-bond donors (Lipinski definition) is 4. The Balaban J connectivity index is 2.21. The van der Waals surface area contributed by atoms with Crippen LogP contribution in [0.2, 0.25) is 0 Å². The van der Waals surface area contributed by atoms with Gasteiger partial charge in [-0.15, -0.1) is 0 Å². The van der Waals surface area contributed by atoms with Crippen molar-refractivity contribution in [3.63, 3.8) is 0 Å². The lowest BCUT2D eigenvalue weighted by molar-refractivity contribution is 0.163. The fourth-order valence-electron chi connectivity index (χ4n) is 3.00. The van der Waals surface area contributed by atoms with Gasteiger partial charge in [-0.3, -0.25) is 0 Å². The molecule has 0 spiro atoms. The Morgan fingerprint density at radius 3 is 2.29 bits per heavy atom. The zero-order valence-electron chi connectivity index (χ0n) is 11.0. The Bertz CT molecular complexity index is 201. The van der Waals surface area contributed by atoms with Crippen molar-refractivity contribution in [3.8, 4) is 0 Å². The zero-order valence-corrected chi connectivity index (χ0v) is 11.0. The summed E-state index contributed by atoms with van der Waals surface area (Å²) in [5, 5.41) is 9.36. The SMILES string of the molecule is CC1CC(N)C(CCCCC(O)CN)C(N)C1. The molecule has 0 aliphatic heterocycles. The average molecular weight is 243 g/mol. The summed E-state index contributed by atoms with van der Waals surface area (Å²) >= 11 is 0. The number of hydrogen-bond acceptors (Lipinski definition) is 4. The molecule has 1 rings (SSSR count). The second kappa shape index (κ2) is 7.31. The van der Waals surface area contributed by atoms with Gasteiger partial charge in [0.25, 0.3) is 0 Å². The highest BCUT2D eigenvalue weighted by molar-refractivity contribution is 4.89. The van der Waals surface area contributed by atoms with E-state index in [9.17, 15) is 5.11 Å². The first-order valence-corrected chi connectivity index (χ1v) is 6.93. The van der Waals surface area contributed by atoms with Crippen LogP contribution in [0, 0.1) is 11.8 Å². The van der Waals surface area contributed by atoms with E-state index in [0.29, 0.717) is 18.4 Å². The summed E-state index contributed by atoms with van der Waals surface area (Å²) in [4.78, 5) is 0. The molecule has 0 radical (unpaired) electrons. The molecule has 102 valence electrons. The molecule has 7 N–H and O–H groups in total. The van der Waals surface area contributed by atoms with E-state index < -0.39 is 0 Å². The lowest BCUT2D eigenvalue weighted by atomic mass is 9.74. The maximum absolute atomic E-state index is 9.36. The zero-order chi connectivity index (χ0) is 12.8. The van der Waals surface area contributed by atoms with Crippen LogP contribution >= 0.6 is 0 Å². The van der Waals surface area contributed by atoms with Crippen molar-refractivity contribution in [2.24, 2.45) is 29.0 Å². The Morgan fingerprint density at radius 1 is 1.18 bits per heavy atom. The minimum Gasteiger partial charge on any atom is -0.392 e. The summed E-state index contributed by atoms with van der Waals surface area (Å²) in [6, 6.07) is 0.515. The van der Waals surface area contributed by atoms with Crippen molar-refractivity contribution >= 4 is 0 Å². The van der Waals surface area contributed by atoms with Crippen LogP contribution in [0.3, 0.4) is 0 Å². The number of rotatable bonds is 6. The Hall–Kier alpha value is -0.160. The Kier molecular flexibility index (Phi) is 6.41. The van der Waals surface area contributed by atoms with Gasteiger partial charge in [0.05, 0.1) is 6.10 Å². The van der Waals surface area contributed by atoms with Gasteiger partial charge >= 0.3 is 0 Å². The minimum absolute atomic E-state index is 0.258. The fourth-order valence-corrected chi connectivity index (χ4v) is 3.00. The largest absolute Gasteiger partial charge is 0.392 e. The number of aliphatic hydroxyl groups excluding tert-OH is 1. The summed E-state index contributed by atoms with van der Waals surface area (Å²) in [6.07, 6.45) is 5.86. The van der Waals surface area contributed by atoms with E-state index in [1.807, 2.05) is 0 Å². The van der Waals surface area contributed by atoms with Crippen LogP contribution in [0.1, 0.15) is 45.4 Å². The summed E-state index contributed by atoms with van der Waals surface area (Å²) < 4.78 is 0. The third-order valence-electron chi connectivity index (χ3n) is 4.05. The third-order valence-corrected chi connectivity index (χ3v) is 4.05. The normalized spacial score (nSPS) is 35.8. The molecule has 1 fully saturated rings. The molecule has 1 aliphatic carbocycles. The van der Waals surface area contributed by atoms with Gasteiger partial charge in [-0.1, -0.05) is 19.8 Å². The predicted octanol–water partition coefficient (Wildman–Crippen LogP) is 0.567. The number of nitrogens with two attached hydrogens (primary N) is 3. The highest BCUT2D eigenvalue weighted by Crippen LogP contribution is 2.30. The molecule has 3 atom stereocenters. The molecule has 1 aliphatic rings. The number of unbranched alkanes of at least 4 members (excludes halogenated alkanes) is 1. The third kappa shape index (κ3) is 4.92. The maximum Gasteiger partial charge on any atom is 0.0662 e. The molecule has 17 heavy (non-hydrogen) atoms. The molecule has 0 aromatic heterocycles. The monoisotopic (exact) mass is 243 g/mol. The first-order valence-electron chi connectivity index (χ1n) is 6.93. The van der Waals surface area contributed by atoms with Crippen molar-refractivity contribution in [1.82, 2.24) is 0 Å². The van der Waals surface area contributed by atoms with Gasteiger partial charge in [0, 0.05) is 18.6 Å². The maximum atomic E-state index is 9.36. The summed E-state index contributed by atoms with van der Waals surface area (Å²) in [7, 11) is 0. The van der Waals surface area contributed by atoms with Crippen LogP contribution in [0.25, 0.3) is 0 Å². The van der Waals surface area contributed by atoms with Crippen molar-refractivity contribution in [3.05, 3.63) is 0 Å². The average Bonchev–Trinajstić information content (AvgIpc) is 2.26. The Labute approximate surface area is 105 Å². The van der Waals surface area contributed by atoms with E-state index in [2.05, 4.69) is 6.92 Å². The van der Waals surface area contributed by atoms with Crippen LogP contribution in [0.15, 0.2) is 0 Å². The van der Waals surface area contributed by atoms with Crippen LogP contribution in [0.5, 0.6) is 0 Å². The van der Waals surface area contributed by atoms with Gasteiger partial charge < -0.3 is 22.3 Å². The van der Waals surface area contributed by atoms with E-state index in [1.165, 1.54) is 0 Å². The van der Waals surface area contributed by atoms with Gasteiger partial charge in [0.15, 0.2) is 0 Å². The molecule has 0 amide bonds.